The molecular formula is C14H18NNaO6S2. The van der Waals surface area contributed by atoms with Crippen LogP contribution in [0.1, 0.15) is 32.8 Å². The van der Waals surface area contributed by atoms with Gasteiger partial charge in [0.05, 0.1) is 17.5 Å². The second-order valence-electron chi connectivity index (χ2n) is 5.57. The van der Waals surface area contributed by atoms with Gasteiger partial charge in [-0.1, -0.05) is 0 Å². The van der Waals surface area contributed by atoms with Crippen molar-refractivity contribution in [2.75, 3.05) is 12.3 Å². The van der Waals surface area contributed by atoms with Crippen LogP contribution in [0.3, 0.4) is 0 Å². The zero-order valence-electron chi connectivity index (χ0n) is 14.1. The van der Waals surface area contributed by atoms with E-state index in [0.717, 1.165) is 47.6 Å². The van der Waals surface area contributed by atoms with Crippen LogP contribution >= 0.6 is 24.1 Å². The first-order valence-electron chi connectivity index (χ1n) is 6.99. The van der Waals surface area contributed by atoms with Crippen molar-refractivity contribution in [3.8, 4) is 0 Å². The van der Waals surface area contributed by atoms with Crippen LogP contribution in [0.25, 0.3) is 0 Å². The van der Waals surface area contributed by atoms with Gasteiger partial charge in [-0.15, -0.1) is 0 Å². The van der Waals surface area contributed by atoms with Gasteiger partial charge in [-0.3, -0.25) is 10.1 Å². The van der Waals surface area contributed by atoms with Crippen molar-refractivity contribution >= 4 is 35.5 Å². The van der Waals surface area contributed by atoms with E-state index in [4.69, 9.17) is 0 Å². The Morgan fingerprint density at radius 1 is 1.17 bits per heavy atom. The smallest absolute Gasteiger partial charge is 0.691 e. The van der Waals surface area contributed by atoms with Gasteiger partial charge in [-0.2, -0.15) is 13.2 Å². The molecule has 0 radical (unpaired) electrons. The van der Waals surface area contributed by atoms with E-state index in [1.54, 1.807) is 0 Å². The molecule has 0 saturated carbocycles. The van der Waals surface area contributed by atoms with E-state index in [9.17, 15) is 10.5 Å². The molecule has 0 spiro atoms. The first-order chi connectivity index (χ1) is 11.0. The molecule has 10 heteroatoms. The fraction of sp³-hybridized carbons (Fsp3) is 0.500. The normalized spacial score (nSPS) is 15.4. The van der Waals surface area contributed by atoms with Crippen molar-refractivity contribution in [3.05, 3.63) is 23.8 Å². The molecule has 0 N–H and O–H groups in total. The number of fused-ring (bicyclic) bond motifs is 1. The van der Waals surface area contributed by atoms with Crippen molar-refractivity contribution in [2.45, 2.75) is 37.5 Å². The van der Waals surface area contributed by atoms with Gasteiger partial charge in [-0.05, 0) is 26.0 Å². The van der Waals surface area contributed by atoms with Crippen LogP contribution in [0, 0.1) is 0 Å². The molecule has 0 aromatic heterocycles. The van der Waals surface area contributed by atoms with Gasteiger partial charge in [-0.25, -0.2) is 0 Å². The SMILES string of the molecule is CC1=[N+](CCCSOO[O-])c2ccc(SOO[O-])cc2C1(C)C.[Na+]. The quantitative estimate of drug-likeness (QED) is 0.128. The summed E-state index contributed by atoms with van der Waals surface area (Å²) in [6.07, 6.45) is 0.838. The number of benzene rings is 1. The molecule has 1 aliphatic heterocycles. The van der Waals surface area contributed by atoms with Gasteiger partial charge in [0.1, 0.15) is 6.54 Å². The Morgan fingerprint density at radius 3 is 2.54 bits per heavy atom. The Hall–Kier alpha value is 0.350. The van der Waals surface area contributed by atoms with Gasteiger partial charge in [0.25, 0.3) is 0 Å². The third kappa shape index (κ3) is 5.18. The Balaban J connectivity index is 0.00000288. The first kappa shape index (κ1) is 22.4. The average molecular weight is 383 g/mol. The van der Waals surface area contributed by atoms with Crippen LogP contribution in [-0.4, -0.2) is 22.6 Å². The Labute approximate surface area is 171 Å². The van der Waals surface area contributed by atoms with Crippen LogP contribution in [0.5, 0.6) is 0 Å². The maximum Gasteiger partial charge on any atom is 1.00 e. The third-order valence-corrected chi connectivity index (χ3v) is 5.26. The first-order valence-corrected chi connectivity index (χ1v) is 8.65. The van der Waals surface area contributed by atoms with Gasteiger partial charge in [0.15, 0.2) is 5.71 Å². The number of rotatable bonds is 9. The van der Waals surface area contributed by atoms with Crippen molar-refractivity contribution in [3.63, 3.8) is 0 Å². The molecule has 2 rings (SSSR count). The molecule has 0 atom stereocenters. The fourth-order valence-electron chi connectivity index (χ4n) is 2.69. The summed E-state index contributed by atoms with van der Waals surface area (Å²) < 4.78 is 10.9. The largest absolute Gasteiger partial charge is 1.00 e. The van der Waals surface area contributed by atoms with Gasteiger partial charge < -0.3 is 10.5 Å². The molecule has 0 saturated heterocycles. The van der Waals surface area contributed by atoms with E-state index in [1.807, 2.05) is 18.2 Å². The van der Waals surface area contributed by atoms with E-state index in [0.29, 0.717) is 5.75 Å². The molecule has 1 aliphatic rings. The van der Waals surface area contributed by atoms with Crippen LogP contribution < -0.4 is 40.1 Å². The number of hydrogen-bond donors (Lipinski definition) is 0. The summed E-state index contributed by atoms with van der Waals surface area (Å²) >= 11 is 1.89. The second kappa shape index (κ2) is 10.5. The molecular weight excluding hydrogens is 365 g/mol. The summed E-state index contributed by atoms with van der Waals surface area (Å²) in [7, 11) is 0. The maximum atomic E-state index is 9.97. The van der Waals surface area contributed by atoms with Crippen LogP contribution in [0.2, 0.25) is 0 Å². The summed E-state index contributed by atoms with van der Waals surface area (Å²) in [6, 6.07) is 5.90. The number of nitrogens with zero attached hydrogens (tertiary/aromatic N) is 1. The Kier molecular flexibility index (Phi) is 9.78. The maximum absolute atomic E-state index is 9.97. The van der Waals surface area contributed by atoms with E-state index in [-0.39, 0.29) is 35.0 Å². The van der Waals surface area contributed by atoms with Crippen LogP contribution in [-0.2, 0) is 24.2 Å². The van der Waals surface area contributed by atoms with E-state index in [2.05, 4.69) is 44.1 Å². The summed E-state index contributed by atoms with van der Waals surface area (Å²) in [4.78, 5) is 0.805. The van der Waals surface area contributed by atoms with Crippen molar-refractivity contribution < 1.29 is 63.4 Å². The minimum absolute atomic E-state index is 0. The van der Waals surface area contributed by atoms with Gasteiger partial charge in [0, 0.05) is 47.7 Å². The third-order valence-electron chi connectivity index (χ3n) is 4.08. The van der Waals surface area contributed by atoms with Crippen molar-refractivity contribution in [1.29, 1.82) is 0 Å². The summed E-state index contributed by atoms with van der Waals surface area (Å²) in [6.45, 7) is 7.23. The molecule has 0 aliphatic carbocycles. The molecule has 1 heterocycles. The van der Waals surface area contributed by atoms with E-state index in [1.165, 1.54) is 11.3 Å². The zero-order valence-corrected chi connectivity index (χ0v) is 17.7. The van der Waals surface area contributed by atoms with Gasteiger partial charge >= 0.3 is 29.6 Å². The van der Waals surface area contributed by atoms with E-state index < -0.39 is 0 Å². The summed E-state index contributed by atoms with van der Waals surface area (Å²) in [5, 5.41) is 26.4. The molecule has 0 amide bonds. The predicted molar refractivity (Wildman–Crippen MR) is 82.2 cm³/mol. The minimum atomic E-state index is -0.119. The molecule has 1 aromatic rings. The molecule has 0 unspecified atom stereocenters. The van der Waals surface area contributed by atoms with Crippen LogP contribution in [0.4, 0.5) is 5.69 Å². The summed E-state index contributed by atoms with van der Waals surface area (Å²) in [5.74, 6) is 0.657. The number of hydrogen-bond acceptors (Lipinski definition) is 8. The Bertz CT molecular complexity index is 584. The van der Waals surface area contributed by atoms with Crippen molar-refractivity contribution in [2.24, 2.45) is 0 Å². The summed E-state index contributed by atoms with van der Waals surface area (Å²) in [5.41, 5.74) is 3.42. The predicted octanol–water partition coefficient (Wildman–Crippen LogP) is -1.42. The Morgan fingerprint density at radius 2 is 1.88 bits per heavy atom. The molecule has 7 nitrogen and oxygen atoms in total. The molecule has 1 aromatic carbocycles. The standard InChI is InChI=1S/C14H19NO6S2.Na/c1-10-14(2,3)12-9-11(23-21-19-17)5-6-13(12)15(10)7-4-8-22-20-18-16;/h5-6,9H,4,7-8H2,1-3H3,(H-,16,17);/q;+1/p-1. The van der Waals surface area contributed by atoms with Crippen LogP contribution in [0.15, 0.2) is 23.1 Å². The van der Waals surface area contributed by atoms with Gasteiger partial charge in [0.2, 0.25) is 5.69 Å². The zero-order chi connectivity index (χ0) is 16.9. The van der Waals surface area contributed by atoms with Crippen molar-refractivity contribution in [1.82, 2.24) is 0 Å². The molecule has 0 fully saturated rings. The fourth-order valence-corrected chi connectivity index (χ4v) is 3.44. The average Bonchev–Trinajstić information content (AvgIpc) is 2.73. The minimum Gasteiger partial charge on any atom is -0.691 e. The molecule has 0 bridgehead atoms. The molecule has 24 heavy (non-hydrogen) atoms. The second-order valence-corrected chi connectivity index (χ2v) is 7.13. The molecule has 128 valence electrons. The monoisotopic (exact) mass is 383 g/mol. The van der Waals surface area contributed by atoms with E-state index >= 15 is 0 Å². The topological polar surface area (TPSA) is 86.1 Å².